The van der Waals surface area contributed by atoms with Crippen LogP contribution in [0.1, 0.15) is 17.1 Å². The van der Waals surface area contributed by atoms with Crippen LogP contribution in [0.25, 0.3) is 28.0 Å². The van der Waals surface area contributed by atoms with E-state index in [1.165, 1.54) is 21.2 Å². The lowest BCUT2D eigenvalue weighted by atomic mass is 9.99. The number of rotatable bonds is 5. The Morgan fingerprint density at radius 2 is 1.74 bits per heavy atom. The lowest BCUT2D eigenvalue weighted by molar-refractivity contribution is 0.276. The standard InChI is InChI=1S/C24H21FN8O2/c1-13-9-15(10-17(12-34)28-13)19-20(14-5-3-2-4-6-14)30-23(27)33-22(19)31-32(24(33)35)11-16-7-8-18(25)21(26)29-16/h2-10,34H,11-12H2,1H3,(H2,26,29)(H2,27,30). The minimum absolute atomic E-state index is 0.0430. The highest BCUT2D eigenvalue weighted by molar-refractivity contribution is 5.90. The van der Waals surface area contributed by atoms with Crippen LogP contribution in [0.5, 0.6) is 0 Å². The third-order valence-corrected chi connectivity index (χ3v) is 5.50. The third kappa shape index (κ3) is 3.97. The molecule has 4 aromatic heterocycles. The van der Waals surface area contributed by atoms with Gasteiger partial charge >= 0.3 is 5.69 Å². The molecule has 0 aliphatic heterocycles. The van der Waals surface area contributed by atoms with Crippen LogP contribution < -0.4 is 17.2 Å². The van der Waals surface area contributed by atoms with Gasteiger partial charge in [0.25, 0.3) is 0 Å². The number of benzene rings is 1. The first-order valence-corrected chi connectivity index (χ1v) is 10.7. The molecule has 0 spiro atoms. The summed E-state index contributed by atoms with van der Waals surface area (Å²) in [6.45, 7) is 1.50. The van der Waals surface area contributed by atoms with Crippen LogP contribution in [0.2, 0.25) is 0 Å². The number of aryl methyl sites for hydroxylation is 1. The number of halogens is 1. The number of fused-ring (bicyclic) bond motifs is 1. The first-order valence-electron chi connectivity index (χ1n) is 10.7. The average Bonchev–Trinajstić information content (AvgIpc) is 3.17. The van der Waals surface area contributed by atoms with Gasteiger partial charge in [0.2, 0.25) is 5.95 Å². The van der Waals surface area contributed by atoms with Crippen molar-refractivity contribution in [1.29, 1.82) is 0 Å². The van der Waals surface area contributed by atoms with E-state index in [2.05, 4.69) is 20.1 Å². The molecule has 5 rings (SSSR count). The topological polar surface area (TPSA) is 150 Å². The van der Waals surface area contributed by atoms with Crippen LogP contribution in [-0.4, -0.2) is 34.2 Å². The molecule has 35 heavy (non-hydrogen) atoms. The number of pyridine rings is 2. The molecule has 0 atom stereocenters. The summed E-state index contributed by atoms with van der Waals surface area (Å²) >= 11 is 0. The van der Waals surface area contributed by atoms with Gasteiger partial charge in [-0.3, -0.25) is 4.98 Å². The summed E-state index contributed by atoms with van der Waals surface area (Å²) < 4.78 is 15.9. The minimum atomic E-state index is -0.646. The van der Waals surface area contributed by atoms with Crippen LogP contribution in [-0.2, 0) is 13.2 Å². The van der Waals surface area contributed by atoms with E-state index in [1.807, 2.05) is 43.3 Å². The maximum atomic E-state index is 13.6. The van der Waals surface area contributed by atoms with Crippen LogP contribution in [0.4, 0.5) is 16.2 Å². The van der Waals surface area contributed by atoms with E-state index >= 15 is 0 Å². The van der Waals surface area contributed by atoms with E-state index < -0.39 is 11.5 Å². The molecule has 0 aliphatic rings. The first kappa shape index (κ1) is 22.2. The number of aliphatic hydroxyl groups excluding tert-OH is 1. The van der Waals surface area contributed by atoms with Crippen molar-refractivity contribution in [1.82, 2.24) is 29.1 Å². The number of aliphatic hydroxyl groups is 1. The predicted molar refractivity (Wildman–Crippen MR) is 129 cm³/mol. The van der Waals surface area contributed by atoms with E-state index in [0.29, 0.717) is 33.9 Å². The molecule has 4 heterocycles. The van der Waals surface area contributed by atoms with Gasteiger partial charge in [-0.25, -0.2) is 28.2 Å². The summed E-state index contributed by atoms with van der Waals surface area (Å²) in [5.74, 6) is -0.956. The highest BCUT2D eigenvalue weighted by Gasteiger charge is 2.22. The summed E-state index contributed by atoms with van der Waals surface area (Å²) in [7, 11) is 0. The zero-order chi connectivity index (χ0) is 24.7. The molecule has 0 fully saturated rings. The van der Waals surface area contributed by atoms with Crippen molar-refractivity contribution in [2.24, 2.45) is 0 Å². The molecule has 0 unspecified atom stereocenters. The van der Waals surface area contributed by atoms with Gasteiger partial charge in [0.05, 0.1) is 35.8 Å². The number of nitrogens with zero attached hydrogens (tertiary/aromatic N) is 6. The van der Waals surface area contributed by atoms with Gasteiger partial charge in [0, 0.05) is 11.3 Å². The minimum Gasteiger partial charge on any atom is -0.390 e. The number of hydrogen-bond donors (Lipinski definition) is 3. The zero-order valence-corrected chi connectivity index (χ0v) is 18.7. The first-order chi connectivity index (χ1) is 16.9. The Labute approximate surface area is 198 Å². The van der Waals surface area contributed by atoms with Crippen molar-refractivity contribution in [2.45, 2.75) is 20.1 Å². The molecule has 0 radical (unpaired) electrons. The Morgan fingerprint density at radius 1 is 0.971 bits per heavy atom. The normalized spacial score (nSPS) is 11.3. The SMILES string of the molecule is Cc1cc(-c2c(-c3ccccc3)nc(N)n3c(=O)n(Cc4ccc(F)c(N)n4)nc23)cc(CO)n1. The van der Waals surface area contributed by atoms with E-state index in [9.17, 15) is 14.3 Å². The van der Waals surface area contributed by atoms with Crippen molar-refractivity contribution in [3.8, 4) is 22.4 Å². The third-order valence-electron chi connectivity index (χ3n) is 5.50. The second-order valence-corrected chi connectivity index (χ2v) is 7.98. The second-order valence-electron chi connectivity index (χ2n) is 7.98. The van der Waals surface area contributed by atoms with Crippen molar-refractivity contribution >= 4 is 17.4 Å². The number of anilines is 2. The highest BCUT2D eigenvalue weighted by atomic mass is 19.1. The van der Waals surface area contributed by atoms with Gasteiger partial charge in [-0.2, -0.15) is 0 Å². The Morgan fingerprint density at radius 3 is 2.46 bits per heavy atom. The van der Waals surface area contributed by atoms with E-state index in [4.69, 9.17) is 11.5 Å². The Balaban J connectivity index is 1.80. The predicted octanol–water partition coefficient (Wildman–Crippen LogP) is 2.17. The van der Waals surface area contributed by atoms with Gasteiger partial charge in [-0.05, 0) is 36.8 Å². The molecular formula is C24H21FN8O2. The largest absolute Gasteiger partial charge is 0.390 e. The Bertz CT molecular complexity index is 1630. The number of nitrogen functional groups attached to an aromatic ring is 2. The molecule has 10 nitrogen and oxygen atoms in total. The molecule has 0 bridgehead atoms. The van der Waals surface area contributed by atoms with E-state index in [1.54, 1.807) is 6.07 Å². The summed E-state index contributed by atoms with van der Waals surface area (Å²) in [6.07, 6.45) is 0. The molecule has 0 amide bonds. The molecule has 11 heteroatoms. The van der Waals surface area contributed by atoms with Crippen LogP contribution in [0, 0.1) is 12.7 Å². The van der Waals surface area contributed by atoms with Crippen molar-refractivity contribution in [3.63, 3.8) is 0 Å². The van der Waals surface area contributed by atoms with Gasteiger partial charge in [-0.15, -0.1) is 5.10 Å². The number of aromatic nitrogens is 6. The van der Waals surface area contributed by atoms with Crippen molar-refractivity contribution < 1.29 is 9.50 Å². The van der Waals surface area contributed by atoms with Gasteiger partial charge < -0.3 is 16.6 Å². The number of hydrogen-bond acceptors (Lipinski definition) is 8. The Kier molecular flexibility index (Phi) is 5.46. The van der Waals surface area contributed by atoms with Gasteiger partial charge in [0.15, 0.2) is 17.3 Å². The summed E-state index contributed by atoms with van der Waals surface area (Å²) in [4.78, 5) is 26.2. The average molecular weight is 472 g/mol. The summed E-state index contributed by atoms with van der Waals surface area (Å²) in [5, 5.41) is 14.3. The maximum absolute atomic E-state index is 13.6. The van der Waals surface area contributed by atoms with Crippen LogP contribution in [0.3, 0.4) is 0 Å². The van der Waals surface area contributed by atoms with Crippen LogP contribution in [0.15, 0.2) is 59.4 Å². The number of nitrogens with two attached hydrogens (primary N) is 2. The smallest absolute Gasteiger partial charge is 0.353 e. The monoisotopic (exact) mass is 472 g/mol. The fourth-order valence-corrected chi connectivity index (χ4v) is 3.98. The highest BCUT2D eigenvalue weighted by Crippen LogP contribution is 2.34. The second kappa shape index (κ2) is 8.61. The fraction of sp³-hybridized carbons (Fsp3) is 0.125. The van der Waals surface area contributed by atoms with E-state index in [-0.39, 0.29) is 30.6 Å². The van der Waals surface area contributed by atoms with E-state index in [0.717, 1.165) is 5.56 Å². The molecular weight excluding hydrogens is 451 g/mol. The van der Waals surface area contributed by atoms with Crippen molar-refractivity contribution in [2.75, 3.05) is 11.5 Å². The molecule has 5 N–H and O–H groups in total. The van der Waals surface area contributed by atoms with Gasteiger partial charge in [0.1, 0.15) is 0 Å². The Hall–Kier alpha value is -4.64. The molecule has 0 saturated heterocycles. The molecule has 5 aromatic rings. The lowest BCUT2D eigenvalue weighted by Gasteiger charge is -2.13. The molecule has 0 aliphatic carbocycles. The molecule has 1 aromatic carbocycles. The lowest BCUT2D eigenvalue weighted by Crippen LogP contribution is -2.24. The summed E-state index contributed by atoms with van der Waals surface area (Å²) in [6, 6.07) is 15.5. The fourth-order valence-electron chi connectivity index (χ4n) is 3.98. The summed E-state index contributed by atoms with van der Waals surface area (Å²) in [5.41, 5.74) is 15.5. The molecule has 0 saturated carbocycles. The zero-order valence-electron chi connectivity index (χ0n) is 18.7. The van der Waals surface area contributed by atoms with Gasteiger partial charge in [-0.1, -0.05) is 30.3 Å². The molecule has 176 valence electrons. The van der Waals surface area contributed by atoms with Crippen LogP contribution >= 0.6 is 0 Å². The van der Waals surface area contributed by atoms with Crippen molar-refractivity contribution in [3.05, 3.63) is 88.0 Å². The quantitative estimate of drug-likeness (QED) is 0.352. The maximum Gasteiger partial charge on any atom is 0.353 e.